The number of hydrogen-bond acceptors (Lipinski definition) is 5. The van der Waals surface area contributed by atoms with E-state index in [2.05, 4.69) is 5.32 Å². The number of phenolic OH excluding ortho intramolecular Hbond substituents is 1. The molecule has 0 aromatic heterocycles. The van der Waals surface area contributed by atoms with Crippen molar-refractivity contribution in [3.63, 3.8) is 0 Å². The lowest BCUT2D eigenvalue weighted by molar-refractivity contribution is 0.0491. The van der Waals surface area contributed by atoms with Gasteiger partial charge in [-0.15, -0.1) is 0 Å². The van der Waals surface area contributed by atoms with Crippen LogP contribution in [-0.4, -0.2) is 35.7 Å². The van der Waals surface area contributed by atoms with Gasteiger partial charge in [-0.3, -0.25) is 4.79 Å². The summed E-state index contributed by atoms with van der Waals surface area (Å²) in [4.78, 5) is 25.1. The number of rotatable bonds is 6. The fraction of sp³-hybridized carbons (Fsp3) is 0.333. The Morgan fingerprint density at radius 1 is 1.04 bits per heavy atom. The Hall–Kier alpha value is -3.02. The second-order valence-electron chi connectivity index (χ2n) is 7.16. The van der Waals surface area contributed by atoms with E-state index in [9.17, 15) is 14.7 Å². The molecule has 0 fully saturated rings. The highest BCUT2D eigenvalue weighted by atomic mass is 16.6. The summed E-state index contributed by atoms with van der Waals surface area (Å²) in [6.07, 6.45) is -0.365. The number of phenols is 1. The highest BCUT2D eigenvalue weighted by Gasteiger charge is 2.25. The van der Waals surface area contributed by atoms with Crippen molar-refractivity contribution in [3.8, 4) is 11.5 Å². The maximum Gasteiger partial charge on any atom is 0.408 e. The van der Waals surface area contributed by atoms with Crippen molar-refractivity contribution in [2.75, 3.05) is 7.11 Å². The Kier molecular flexibility index (Phi) is 6.45. The van der Waals surface area contributed by atoms with Gasteiger partial charge in [0.25, 0.3) is 0 Å². The molecule has 0 spiro atoms. The van der Waals surface area contributed by atoms with Gasteiger partial charge in [-0.05, 0) is 62.7 Å². The number of hydrogen-bond donors (Lipinski definition) is 2. The molecule has 2 N–H and O–H groups in total. The van der Waals surface area contributed by atoms with E-state index in [1.165, 1.54) is 24.3 Å². The first kappa shape index (κ1) is 20.3. The van der Waals surface area contributed by atoms with Gasteiger partial charge >= 0.3 is 6.09 Å². The molecule has 0 saturated heterocycles. The summed E-state index contributed by atoms with van der Waals surface area (Å²) in [6, 6.07) is 12.4. The van der Waals surface area contributed by atoms with Gasteiger partial charge in [-0.2, -0.15) is 0 Å². The van der Waals surface area contributed by atoms with Crippen LogP contribution in [0.2, 0.25) is 0 Å². The van der Waals surface area contributed by atoms with Gasteiger partial charge in [0.15, 0.2) is 5.78 Å². The quantitative estimate of drug-likeness (QED) is 0.756. The lowest BCUT2D eigenvalue weighted by Crippen LogP contribution is -2.44. The van der Waals surface area contributed by atoms with Crippen LogP contribution in [0, 0.1) is 0 Å². The number of methoxy groups -OCH3 is 1. The molecule has 1 amide bonds. The van der Waals surface area contributed by atoms with Crippen LogP contribution < -0.4 is 10.1 Å². The van der Waals surface area contributed by atoms with E-state index in [1.54, 1.807) is 40.0 Å². The molecule has 0 aliphatic heterocycles. The molecule has 0 saturated carbocycles. The summed E-state index contributed by atoms with van der Waals surface area (Å²) in [7, 11) is 1.58. The van der Waals surface area contributed by atoms with E-state index < -0.39 is 17.7 Å². The monoisotopic (exact) mass is 371 g/mol. The van der Waals surface area contributed by atoms with Crippen molar-refractivity contribution < 1.29 is 24.2 Å². The van der Waals surface area contributed by atoms with Gasteiger partial charge in [-0.25, -0.2) is 4.79 Å². The van der Waals surface area contributed by atoms with Crippen LogP contribution in [0.3, 0.4) is 0 Å². The Morgan fingerprint density at radius 2 is 1.63 bits per heavy atom. The van der Waals surface area contributed by atoms with Crippen molar-refractivity contribution in [3.05, 3.63) is 59.7 Å². The zero-order chi connectivity index (χ0) is 20.0. The first-order chi connectivity index (χ1) is 12.7. The molecule has 2 aromatic rings. The fourth-order valence-corrected chi connectivity index (χ4v) is 2.48. The fourth-order valence-electron chi connectivity index (χ4n) is 2.48. The molecule has 0 radical (unpaired) electrons. The van der Waals surface area contributed by atoms with E-state index >= 15 is 0 Å². The summed E-state index contributed by atoms with van der Waals surface area (Å²) in [5.74, 6) is 0.510. The zero-order valence-electron chi connectivity index (χ0n) is 16.0. The highest BCUT2D eigenvalue weighted by Crippen LogP contribution is 2.17. The molecule has 0 aliphatic rings. The molecule has 6 heteroatoms. The Balaban J connectivity index is 2.22. The standard InChI is InChI=1S/C21H25NO5/c1-21(2,3)27-20(25)22-18(13-14-5-11-17(26-4)12-6-14)19(24)15-7-9-16(23)10-8-15/h5-12,18,23H,13H2,1-4H3,(H,22,25)/t18-/m0/s1. The average Bonchev–Trinajstić information content (AvgIpc) is 2.60. The van der Waals surface area contributed by atoms with Crippen molar-refractivity contribution in [1.82, 2.24) is 5.32 Å². The van der Waals surface area contributed by atoms with Gasteiger partial charge in [0.05, 0.1) is 13.2 Å². The topological polar surface area (TPSA) is 84.9 Å². The summed E-state index contributed by atoms with van der Waals surface area (Å²) in [5, 5.41) is 12.1. The number of carbonyl (C=O) groups is 2. The minimum absolute atomic E-state index is 0.0679. The van der Waals surface area contributed by atoms with Crippen molar-refractivity contribution >= 4 is 11.9 Å². The first-order valence-corrected chi connectivity index (χ1v) is 8.63. The molecule has 0 unspecified atom stereocenters. The highest BCUT2D eigenvalue weighted by molar-refractivity contribution is 6.01. The number of alkyl carbamates (subject to hydrolysis) is 1. The molecular formula is C21H25NO5. The van der Waals surface area contributed by atoms with E-state index in [1.807, 2.05) is 12.1 Å². The van der Waals surface area contributed by atoms with Crippen LogP contribution in [0.15, 0.2) is 48.5 Å². The van der Waals surface area contributed by atoms with Gasteiger partial charge in [0.2, 0.25) is 0 Å². The maximum absolute atomic E-state index is 12.9. The third-order valence-corrected chi connectivity index (χ3v) is 3.76. The Bertz CT molecular complexity index is 776. The zero-order valence-corrected chi connectivity index (χ0v) is 16.0. The second-order valence-corrected chi connectivity index (χ2v) is 7.16. The number of ether oxygens (including phenoxy) is 2. The van der Waals surface area contributed by atoms with Crippen molar-refractivity contribution in [2.45, 2.75) is 38.8 Å². The molecule has 0 aliphatic carbocycles. The first-order valence-electron chi connectivity index (χ1n) is 8.63. The van der Waals surface area contributed by atoms with Gasteiger partial charge in [-0.1, -0.05) is 12.1 Å². The molecule has 144 valence electrons. The Morgan fingerprint density at radius 3 is 2.15 bits per heavy atom. The summed E-state index contributed by atoms with van der Waals surface area (Å²) in [6.45, 7) is 5.27. The minimum Gasteiger partial charge on any atom is -0.508 e. The number of benzene rings is 2. The molecular weight excluding hydrogens is 346 g/mol. The predicted molar refractivity (Wildman–Crippen MR) is 102 cm³/mol. The van der Waals surface area contributed by atoms with E-state index in [0.29, 0.717) is 17.7 Å². The molecule has 0 heterocycles. The minimum atomic E-state index is -0.808. The molecule has 2 aromatic carbocycles. The number of amides is 1. The summed E-state index contributed by atoms with van der Waals surface area (Å²) < 4.78 is 10.4. The number of aromatic hydroxyl groups is 1. The van der Waals surface area contributed by atoms with Crippen LogP contribution in [-0.2, 0) is 11.2 Å². The van der Waals surface area contributed by atoms with Crippen LogP contribution in [0.1, 0.15) is 36.7 Å². The van der Waals surface area contributed by atoms with Crippen LogP contribution in [0.4, 0.5) is 4.79 Å². The van der Waals surface area contributed by atoms with Crippen molar-refractivity contribution in [1.29, 1.82) is 0 Å². The summed E-state index contributed by atoms with van der Waals surface area (Å²) >= 11 is 0. The van der Waals surface area contributed by atoms with E-state index in [4.69, 9.17) is 9.47 Å². The van der Waals surface area contributed by atoms with Crippen LogP contribution in [0.25, 0.3) is 0 Å². The third kappa shape index (κ3) is 6.33. The van der Waals surface area contributed by atoms with Crippen molar-refractivity contribution in [2.24, 2.45) is 0 Å². The lowest BCUT2D eigenvalue weighted by atomic mass is 9.97. The SMILES string of the molecule is COc1ccc(C[C@H](NC(=O)OC(C)(C)C)C(=O)c2ccc(O)cc2)cc1. The largest absolute Gasteiger partial charge is 0.508 e. The third-order valence-electron chi connectivity index (χ3n) is 3.76. The summed E-state index contributed by atoms with van der Waals surface area (Å²) in [5.41, 5.74) is 0.586. The Labute approximate surface area is 159 Å². The molecule has 27 heavy (non-hydrogen) atoms. The maximum atomic E-state index is 12.9. The van der Waals surface area contributed by atoms with Gasteiger partial charge < -0.3 is 19.9 Å². The van der Waals surface area contributed by atoms with Crippen LogP contribution >= 0.6 is 0 Å². The molecule has 1 atom stereocenters. The predicted octanol–water partition coefficient (Wildman–Crippen LogP) is 3.72. The average molecular weight is 371 g/mol. The van der Waals surface area contributed by atoms with Gasteiger partial charge in [0.1, 0.15) is 17.1 Å². The number of ketones is 1. The number of carbonyl (C=O) groups excluding carboxylic acids is 2. The number of Topliss-reactive ketones (excluding diaryl/α,β-unsaturated/α-hetero) is 1. The van der Waals surface area contributed by atoms with Crippen LogP contribution in [0.5, 0.6) is 11.5 Å². The molecule has 0 bridgehead atoms. The molecule has 6 nitrogen and oxygen atoms in total. The normalized spacial score (nSPS) is 12.1. The second kappa shape index (κ2) is 8.58. The number of nitrogens with one attached hydrogen (secondary N) is 1. The molecule has 2 rings (SSSR count). The van der Waals surface area contributed by atoms with E-state index in [-0.39, 0.29) is 11.5 Å². The smallest absolute Gasteiger partial charge is 0.408 e. The van der Waals surface area contributed by atoms with Gasteiger partial charge in [0, 0.05) is 12.0 Å². The lowest BCUT2D eigenvalue weighted by Gasteiger charge is -2.23. The van der Waals surface area contributed by atoms with E-state index in [0.717, 1.165) is 5.56 Å².